The summed E-state index contributed by atoms with van der Waals surface area (Å²) in [7, 11) is 0. The lowest BCUT2D eigenvalue weighted by Gasteiger charge is -2.05. The van der Waals surface area contributed by atoms with E-state index in [1.807, 2.05) is 60.7 Å². The molecule has 1 amide bonds. The summed E-state index contributed by atoms with van der Waals surface area (Å²) in [6.07, 6.45) is 1.76. The van der Waals surface area contributed by atoms with Gasteiger partial charge in [0, 0.05) is 18.5 Å². The molecule has 0 atom stereocenters. The van der Waals surface area contributed by atoms with Crippen LogP contribution in [0.1, 0.15) is 18.7 Å². The predicted octanol–water partition coefficient (Wildman–Crippen LogP) is 2.62. The Bertz CT molecular complexity index is 755. The first-order chi connectivity index (χ1) is 11.3. The molecule has 23 heavy (non-hydrogen) atoms. The zero-order chi connectivity index (χ0) is 15.9. The standard InChI is InChI=1S/C17H17N5O/c23-17(18-14-8-3-1-4-9-14)13-7-12-16-19-20-21-22(16)15-10-5-2-6-11-15/h1-6,8-11H,7,12-13H2,(H,18,23). The molecule has 0 bridgehead atoms. The van der Waals surface area contributed by atoms with E-state index in [1.165, 1.54) is 0 Å². The average molecular weight is 307 g/mol. The quantitative estimate of drug-likeness (QED) is 0.760. The van der Waals surface area contributed by atoms with Gasteiger partial charge < -0.3 is 5.32 Å². The summed E-state index contributed by atoms with van der Waals surface area (Å²) in [5.74, 6) is 0.749. The number of hydrogen-bond donors (Lipinski definition) is 1. The van der Waals surface area contributed by atoms with Gasteiger partial charge in [0.15, 0.2) is 5.82 Å². The molecule has 0 saturated carbocycles. The van der Waals surface area contributed by atoms with Crippen molar-refractivity contribution in [2.45, 2.75) is 19.3 Å². The molecular formula is C17H17N5O. The second kappa shape index (κ2) is 7.31. The largest absolute Gasteiger partial charge is 0.326 e. The zero-order valence-corrected chi connectivity index (χ0v) is 12.6. The number of carbonyl (C=O) groups is 1. The van der Waals surface area contributed by atoms with Crippen LogP contribution in [0, 0.1) is 0 Å². The Hall–Kier alpha value is -3.02. The van der Waals surface area contributed by atoms with Gasteiger partial charge in [-0.2, -0.15) is 4.68 Å². The summed E-state index contributed by atoms with van der Waals surface area (Å²) in [6, 6.07) is 19.2. The van der Waals surface area contributed by atoms with Crippen molar-refractivity contribution in [3.63, 3.8) is 0 Å². The van der Waals surface area contributed by atoms with Gasteiger partial charge in [-0.3, -0.25) is 4.79 Å². The molecule has 0 aliphatic rings. The molecule has 0 saturated heterocycles. The van der Waals surface area contributed by atoms with Crippen molar-refractivity contribution < 1.29 is 4.79 Å². The van der Waals surface area contributed by atoms with Crippen molar-refractivity contribution >= 4 is 11.6 Å². The molecule has 6 heteroatoms. The van der Waals surface area contributed by atoms with E-state index in [-0.39, 0.29) is 5.91 Å². The van der Waals surface area contributed by atoms with Crippen molar-refractivity contribution in [3.05, 3.63) is 66.5 Å². The molecular weight excluding hydrogens is 290 g/mol. The number of nitrogens with one attached hydrogen (secondary N) is 1. The average Bonchev–Trinajstić information content (AvgIpc) is 3.05. The van der Waals surface area contributed by atoms with Gasteiger partial charge in [0.05, 0.1) is 5.69 Å². The number of rotatable bonds is 6. The minimum absolute atomic E-state index is 0.00469. The van der Waals surface area contributed by atoms with Crippen LogP contribution in [0.15, 0.2) is 60.7 Å². The van der Waals surface area contributed by atoms with Gasteiger partial charge in [0.25, 0.3) is 0 Å². The minimum Gasteiger partial charge on any atom is -0.326 e. The molecule has 116 valence electrons. The van der Waals surface area contributed by atoms with E-state index < -0.39 is 0 Å². The van der Waals surface area contributed by atoms with Crippen molar-refractivity contribution in [1.82, 2.24) is 20.2 Å². The van der Waals surface area contributed by atoms with E-state index in [9.17, 15) is 4.79 Å². The van der Waals surface area contributed by atoms with Gasteiger partial charge in [0.2, 0.25) is 5.91 Å². The van der Waals surface area contributed by atoms with Gasteiger partial charge in [-0.15, -0.1) is 5.10 Å². The van der Waals surface area contributed by atoms with E-state index in [1.54, 1.807) is 4.68 Å². The summed E-state index contributed by atoms with van der Waals surface area (Å²) in [6.45, 7) is 0. The second-order valence-electron chi connectivity index (χ2n) is 5.11. The molecule has 6 nitrogen and oxygen atoms in total. The van der Waals surface area contributed by atoms with Crippen LogP contribution >= 0.6 is 0 Å². The Balaban J connectivity index is 1.54. The SMILES string of the molecule is O=C(CCCc1nnnn1-c1ccccc1)Nc1ccccc1. The first-order valence-electron chi connectivity index (χ1n) is 7.50. The predicted molar refractivity (Wildman–Crippen MR) is 87.2 cm³/mol. The Morgan fingerprint density at radius 3 is 2.43 bits per heavy atom. The molecule has 0 fully saturated rings. The van der Waals surface area contributed by atoms with E-state index in [2.05, 4.69) is 20.8 Å². The normalized spacial score (nSPS) is 10.4. The van der Waals surface area contributed by atoms with Crippen LogP contribution in [-0.2, 0) is 11.2 Å². The summed E-state index contributed by atoms with van der Waals surface area (Å²) in [5, 5.41) is 14.6. The fraction of sp³-hybridized carbons (Fsp3) is 0.176. The van der Waals surface area contributed by atoms with Crippen LogP contribution in [0.4, 0.5) is 5.69 Å². The van der Waals surface area contributed by atoms with Gasteiger partial charge in [-0.1, -0.05) is 36.4 Å². The van der Waals surface area contributed by atoms with E-state index in [0.29, 0.717) is 19.3 Å². The highest BCUT2D eigenvalue weighted by atomic mass is 16.1. The topological polar surface area (TPSA) is 72.7 Å². The number of nitrogens with zero attached hydrogens (tertiary/aromatic N) is 4. The van der Waals surface area contributed by atoms with Gasteiger partial charge >= 0.3 is 0 Å². The highest BCUT2D eigenvalue weighted by Crippen LogP contribution is 2.10. The number of anilines is 1. The number of para-hydroxylation sites is 2. The molecule has 0 aliphatic carbocycles. The monoisotopic (exact) mass is 307 g/mol. The summed E-state index contributed by atoms with van der Waals surface area (Å²) in [4.78, 5) is 11.9. The van der Waals surface area contributed by atoms with Crippen LogP contribution in [0.3, 0.4) is 0 Å². The molecule has 0 aliphatic heterocycles. The minimum atomic E-state index is -0.00469. The summed E-state index contributed by atoms with van der Waals surface area (Å²) < 4.78 is 1.70. The molecule has 2 aromatic carbocycles. The third-order valence-electron chi connectivity index (χ3n) is 3.40. The summed E-state index contributed by atoms with van der Waals surface area (Å²) in [5.41, 5.74) is 1.73. The number of aromatic nitrogens is 4. The molecule has 1 aromatic heterocycles. The van der Waals surface area contributed by atoms with E-state index in [0.717, 1.165) is 17.2 Å². The van der Waals surface area contributed by atoms with Gasteiger partial charge in [-0.25, -0.2) is 0 Å². The maximum Gasteiger partial charge on any atom is 0.224 e. The third kappa shape index (κ3) is 4.00. The van der Waals surface area contributed by atoms with Crippen LogP contribution < -0.4 is 5.32 Å². The lowest BCUT2D eigenvalue weighted by molar-refractivity contribution is -0.116. The van der Waals surface area contributed by atoms with E-state index in [4.69, 9.17) is 0 Å². The third-order valence-corrected chi connectivity index (χ3v) is 3.40. The molecule has 0 radical (unpaired) electrons. The molecule has 1 heterocycles. The molecule has 3 aromatic rings. The molecule has 3 rings (SSSR count). The Morgan fingerprint density at radius 1 is 1.00 bits per heavy atom. The molecule has 1 N–H and O–H groups in total. The van der Waals surface area contributed by atoms with E-state index >= 15 is 0 Å². The van der Waals surface area contributed by atoms with Crippen LogP contribution in [0.25, 0.3) is 5.69 Å². The first kappa shape index (κ1) is 14.9. The number of hydrogen-bond acceptors (Lipinski definition) is 4. The number of aryl methyl sites for hydroxylation is 1. The smallest absolute Gasteiger partial charge is 0.224 e. The number of benzene rings is 2. The van der Waals surface area contributed by atoms with Crippen molar-refractivity contribution in [2.75, 3.05) is 5.32 Å². The second-order valence-corrected chi connectivity index (χ2v) is 5.11. The lowest BCUT2D eigenvalue weighted by Crippen LogP contribution is -2.12. The van der Waals surface area contributed by atoms with Crippen LogP contribution in [0.5, 0.6) is 0 Å². The number of carbonyl (C=O) groups excluding carboxylic acids is 1. The highest BCUT2D eigenvalue weighted by molar-refractivity contribution is 5.90. The molecule has 0 spiro atoms. The lowest BCUT2D eigenvalue weighted by atomic mass is 10.2. The highest BCUT2D eigenvalue weighted by Gasteiger charge is 2.09. The fourth-order valence-corrected chi connectivity index (χ4v) is 2.28. The maximum absolute atomic E-state index is 11.9. The van der Waals surface area contributed by atoms with Crippen molar-refractivity contribution in [3.8, 4) is 5.69 Å². The summed E-state index contributed by atoms with van der Waals surface area (Å²) >= 11 is 0. The maximum atomic E-state index is 11.9. The van der Waals surface area contributed by atoms with Crippen LogP contribution in [-0.4, -0.2) is 26.1 Å². The fourth-order valence-electron chi connectivity index (χ4n) is 2.28. The Kier molecular flexibility index (Phi) is 4.73. The number of amides is 1. The Morgan fingerprint density at radius 2 is 1.70 bits per heavy atom. The van der Waals surface area contributed by atoms with Crippen molar-refractivity contribution in [1.29, 1.82) is 0 Å². The molecule has 0 unspecified atom stereocenters. The van der Waals surface area contributed by atoms with Gasteiger partial charge in [-0.05, 0) is 41.1 Å². The van der Waals surface area contributed by atoms with Crippen molar-refractivity contribution in [2.24, 2.45) is 0 Å². The Labute approximate surface area is 134 Å². The first-order valence-corrected chi connectivity index (χ1v) is 7.50. The van der Waals surface area contributed by atoms with Crippen LogP contribution in [0.2, 0.25) is 0 Å². The zero-order valence-electron chi connectivity index (χ0n) is 12.6. The van der Waals surface area contributed by atoms with Gasteiger partial charge in [0.1, 0.15) is 0 Å². The number of tetrazole rings is 1.